The van der Waals surface area contributed by atoms with Crippen molar-refractivity contribution in [3.8, 4) is 0 Å². The fourth-order valence-corrected chi connectivity index (χ4v) is 4.22. The first-order chi connectivity index (χ1) is 31.2. The smallest absolute Gasteiger partial charge is 0.0933 e. The van der Waals surface area contributed by atoms with E-state index in [1.54, 1.807) is 67.5 Å². The number of nitrogens with two attached hydrogens (primary N) is 3. The first-order valence-corrected chi connectivity index (χ1v) is 23.7. The van der Waals surface area contributed by atoms with Gasteiger partial charge in [-0.05, 0) is 168 Å². The fraction of sp³-hybridized carbons (Fsp3) is 0.765. The monoisotopic (exact) mass is 977 g/mol. The Kier molecular flexibility index (Phi) is 71.3. The number of aliphatic imine (C=N–C) groups is 8. The third-order valence-corrected chi connectivity index (χ3v) is 8.10. The van der Waals surface area contributed by atoms with Crippen LogP contribution in [0.25, 0.3) is 0 Å². The predicted octanol–water partition coefficient (Wildman–Crippen LogP) is 9.99. The van der Waals surface area contributed by atoms with Gasteiger partial charge in [-0.2, -0.15) is 0 Å². The Morgan fingerprint density at radius 1 is 0.449 bits per heavy atom. The van der Waals surface area contributed by atoms with Gasteiger partial charge >= 0.3 is 0 Å². The molecule has 406 valence electrons. The van der Waals surface area contributed by atoms with Crippen LogP contribution in [0.1, 0.15) is 182 Å². The summed E-state index contributed by atoms with van der Waals surface area (Å²) in [6.07, 6.45) is 14.0. The van der Waals surface area contributed by atoms with Crippen molar-refractivity contribution in [3.63, 3.8) is 0 Å². The summed E-state index contributed by atoms with van der Waals surface area (Å²) in [6.45, 7) is 34.6. The molecule has 6 rings (SSSR count). The minimum absolute atomic E-state index is 0. The van der Waals surface area contributed by atoms with Gasteiger partial charge in [-0.25, -0.2) is 0 Å². The van der Waals surface area contributed by atoms with E-state index in [-0.39, 0.29) is 20.7 Å². The van der Waals surface area contributed by atoms with Crippen molar-refractivity contribution in [1.29, 1.82) is 21.6 Å². The zero-order valence-corrected chi connectivity index (χ0v) is 46.2. The van der Waals surface area contributed by atoms with Gasteiger partial charge in [-0.3, -0.25) is 50.8 Å². The van der Waals surface area contributed by atoms with Crippen molar-refractivity contribution in [2.24, 2.45) is 57.1 Å². The molecule has 0 unspecified atom stereocenters. The molecule has 0 bridgehead atoms. The molecule has 18 heteroatoms. The maximum absolute atomic E-state index is 6.88. The van der Waals surface area contributed by atoms with Crippen LogP contribution in [0.3, 0.4) is 0 Å². The Morgan fingerprint density at radius 3 is 0.754 bits per heavy atom. The highest BCUT2D eigenvalue weighted by molar-refractivity contribution is 5.84. The van der Waals surface area contributed by atoms with Crippen LogP contribution in [0.4, 0.5) is 0 Å². The average Bonchev–Trinajstić information content (AvgIpc) is 4.06. The molecule has 6 heterocycles. The third-order valence-electron chi connectivity index (χ3n) is 8.10. The van der Waals surface area contributed by atoms with Crippen LogP contribution in [0.2, 0.25) is 0 Å². The summed E-state index contributed by atoms with van der Waals surface area (Å²) >= 11 is 0. The summed E-state index contributed by atoms with van der Waals surface area (Å²) < 4.78 is 0. The minimum atomic E-state index is 0. The van der Waals surface area contributed by atoms with Crippen LogP contribution in [0.5, 0.6) is 0 Å². The fourth-order valence-electron chi connectivity index (χ4n) is 4.22. The number of rotatable bonds is 0. The van der Waals surface area contributed by atoms with Gasteiger partial charge in [-0.1, -0.05) is 14.9 Å². The van der Waals surface area contributed by atoms with Crippen LogP contribution in [0.15, 0.2) is 39.9 Å². The zero-order valence-electron chi connectivity index (χ0n) is 46.2. The summed E-state index contributed by atoms with van der Waals surface area (Å²) in [5, 5.41) is 32.4. The first kappa shape index (κ1) is 80.8. The zero-order chi connectivity index (χ0) is 53.0. The van der Waals surface area contributed by atoms with Crippen LogP contribution >= 0.6 is 0 Å². The summed E-state index contributed by atoms with van der Waals surface area (Å²) in [5.74, 6) is 4.19. The third kappa shape index (κ3) is 102. The molecule has 0 aliphatic carbocycles. The van der Waals surface area contributed by atoms with E-state index in [4.69, 9.17) is 38.8 Å². The van der Waals surface area contributed by atoms with Crippen molar-refractivity contribution in [1.82, 2.24) is 15.5 Å². The average molecular weight is 978 g/mol. The largest absolute Gasteiger partial charge is 0.388 e. The van der Waals surface area contributed by atoms with Crippen LogP contribution in [-0.4, -0.2) is 155 Å². The highest BCUT2D eigenvalue weighted by atomic mass is 15.1. The molecule has 0 radical (unpaired) electrons. The van der Waals surface area contributed by atoms with Crippen molar-refractivity contribution in [3.05, 3.63) is 0 Å². The Bertz CT molecular complexity index is 1340. The molecule has 0 spiro atoms. The van der Waals surface area contributed by atoms with Crippen molar-refractivity contribution >= 4 is 69.3 Å². The Balaban J connectivity index is -0.0000000983. The van der Waals surface area contributed by atoms with E-state index in [1.807, 2.05) is 27.9 Å². The molecule has 18 nitrogen and oxygen atoms in total. The molecular weight excluding hydrogens is 865 g/mol. The summed E-state index contributed by atoms with van der Waals surface area (Å²) in [7, 11) is 7.02. The van der Waals surface area contributed by atoms with Gasteiger partial charge in [0.15, 0.2) is 0 Å². The van der Waals surface area contributed by atoms with Gasteiger partial charge in [0.1, 0.15) is 0 Å². The lowest BCUT2D eigenvalue weighted by molar-refractivity contribution is 0.613. The molecule has 0 aromatic rings. The number of hydrogen-bond acceptors (Lipinski definition) is 14. The molecule has 0 atom stereocenters. The number of hydrogen-bond donors (Lipinski definition) is 9. The Morgan fingerprint density at radius 2 is 0.681 bits per heavy atom. The molecule has 6 aliphatic rings. The van der Waals surface area contributed by atoms with Crippen molar-refractivity contribution in [2.45, 2.75) is 182 Å². The second-order valence-corrected chi connectivity index (χ2v) is 16.6. The van der Waals surface area contributed by atoms with E-state index in [2.05, 4.69) is 78.3 Å². The van der Waals surface area contributed by atoms with Crippen molar-refractivity contribution < 1.29 is 0 Å². The molecule has 69 heavy (non-hydrogen) atoms. The van der Waals surface area contributed by atoms with Crippen LogP contribution in [0, 0.1) is 21.6 Å². The second-order valence-electron chi connectivity index (χ2n) is 16.6. The molecular formula is C51H112N18. The highest BCUT2D eigenvalue weighted by Crippen LogP contribution is 2.05. The quantitative estimate of drug-likeness (QED) is 0.0839. The maximum atomic E-state index is 6.88. The summed E-state index contributed by atoms with van der Waals surface area (Å²) in [6, 6.07) is 0. The molecule has 6 aliphatic heterocycles. The first-order valence-electron chi connectivity index (χ1n) is 23.7. The lowest BCUT2D eigenvalue weighted by Crippen LogP contribution is -2.26. The number of nitrogens with one attached hydrogen (secondary N) is 6. The van der Waals surface area contributed by atoms with E-state index in [0.717, 1.165) is 64.0 Å². The topological polar surface area (TPSA) is 300 Å². The maximum Gasteiger partial charge on any atom is 0.0933 e. The standard InChI is InChI=1S/2C6H11N.C5H10N2.2C5H9N.C4H8N2.C4H10N2.2C3H8N2.2C3H7N.C2H6N2.2CH4/c2*1-6-4-2-3-5-7-6;1-5-6-3-2-4-7-5;2*1-5-3-2-4-6-5;1-4-5-2-3-6-4;1-4(5)6(2)3;2*1-3(4)5-2;2*1-3(2)4;1-2(3)4;;/h2*2-5H2,1H3;2-4H2,1H3,(H,6,7);2*2-4H2,1H3;2-3H2,1H3,(H,5,6);5H,1-3H3;2*1-2H3,(H2,4,5);2*4H,1-2H3;1H3,(H3,3,4);2*1H4. The minimum Gasteiger partial charge on any atom is -0.388 e. The SMILES string of the molecule is C.C.CC(=N)N.CC(=N)N(C)C.CC(C)=N.CC(C)=N.CC1=NCCC1.CC1=NCCC1.CC1=NCCCC1.CC1=NCCCC1.CC1=NCCCN1.CC1=NCCN1.CN=C(C)N.CN=C(C)N. The molecule has 0 aromatic carbocycles. The Labute approximate surface area is 425 Å². The predicted molar refractivity (Wildman–Crippen MR) is 317 cm³/mol. The second kappa shape index (κ2) is 60.9. The van der Waals surface area contributed by atoms with E-state index in [1.165, 1.54) is 100 Å². The lowest BCUT2D eigenvalue weighted by Gasteiger charge is -2.08. The van der Waals surface area contributed by atoms with Gasteiger partial charge < -0.3 is 43.6 Å². The molecule has 0 amide bonds. The number of nitrogens with zero attached hydrogens (tertiary/aromatic N) is 9. The van der Waals surface area contributed by atoms with Crippen LogP contribution in [-0.2, 0) is 0 Å². The van der Waals surface area contributed by atoms with Gasteiger partial charge in [0.05, 0.1) is 41.6 Å². The highest BCUT2D eigenvalue weighted by Gasteiger charge is 1.99. The van der Waals surface area contributed by atoms with E-state index in [0.29, 0.717) is 28.9 Å². The number of amidine groups is 6. The molecule has 12 N–H and O–H groups in total. The lowest BCUT2D eigenvalue weighted by atomic mass is 10.1. The molecule has 0 aromatic heterocycles. The van der Waals surface area contributed by atoms with Crippen LogP contribution < -0.4 is 27.8 Å². The van der Waals surface area contributed by atoms with E-state index in [9.17, 15) is 0 Å². The van der Waals surface area contributed by atoms with Gasteiger partial charge in [-0.15, -0.1) is 0 Å². The molecule has 0 saturated carbocycles. The Hall–Kier alpha value is -5.16. The van der Waals surface area contributed by atoms with Gasteiger partial charge in [0.2, 0.25) is 0 Å². The molecule has 0 saturated heterocycles. The summed E-state index contributed by atoms with van der Waals surface area (Å²) in [4.78, 5) is 33.9. The van der Waals surface area contributed by atoms with Crippen molar-refractivity contribution in [2.75, 3.05) is 80.5 Å². The summed E-state index contributed by atoms with van der Waals surface area (Å²) in [5.41, 5.74) is 21.4. The van der Waals surface area contributed by atoms with Gasteiger partial charge in [0, 0.05) is 108 Å². The van der Waals surface area contributed by atoms with E-state index >= 15 is 0 Å². The van der Waals surface area contributed by atoms with E-state index < -0.39 is 0 Å². The molecule has 0 fully saturated rings. The normalized spacial score (nSPS) is 15.4. The van der Waals surface area contributed by atoms with Gasteiger partial charge in [0.25, 0.3) is 0 Å².